The van der Waals surface area contributed by atoms with Gasteiger partial charge in [-0.2, -0.15) is 0 Å². The largest absolute Gasteiger partial charge is 0.496 e. The molecule has 0 aliphatic rings. The van der Waals surface area contributed by atoms with Gasteiger partial charge in [0.2, 0.25) is 0 Å². The van der Waals surface area contributed by atoms with Crippen LogP contribution in [0.25, 0.3) is 0 Å². The van der Waals surface area contributed by atoms with Crippen LogP contribution < -0.4 is 10.1 Å². The van der Waals surface area contributed by atoms with Gasteiger partial charge in [0.25, 0.3) is 0 Å². The van der Waals surface area contributed by atoms with Crippen molar-refractivity contribution in [3.05, 3.63) is 58.4 Å². The summed E-state index contributed by atoms with van der Waals surface area (Å²) in [6, 6.07) is 9.81. The van der Waals surface area contributed by atoms with E-state index in [1.165, 1.54) is 5.56 Å². The molecule has 0 aliphatic carbocycles. The molecule has 0 saturated heterocycles. The van der Waals surface area contributed by atoms with Crippen LogP contribution in [0.5, 0.6) is 5.75 Å². The molecular formula is C16H19ClN2O. The zero-order valence-electron chi connectivity index (χ0n) is 12.0. The molecule has 20 heavy (non-hydrogen) atoms. The Morgan fingerprint density at radius 1 is 1.35 bits per heavy atom. The molecule has 1 heterocycles. The lowest BCUT2D eigenvalue weighted by molar-refractivity contribution is 0.401. The third-order valence-corrected chi connectivity index (χ3v) is 3.67. The molecule has 3 nitrogen and oxygen atoms in total. The van der Waals surface area contributed by atoms with Crippen LogP contribution in [0.1, 0.15) is 22.9 Å². The summed E-state index contributed by atoms with van der Waals surface area (Å²) in [6.45, 7) is 2.07. The summed E-state index contributed by atoms with van der Waals surface area (Å²) >= 11 is 6.11. The van der Waals surface area contributed by atoms with Gasteiger partial charge in [0.1, 0.15) is 5.75 Å². The van der Waals surface area contributed by atoms with E-state index in [1.807, 2.05) is 37.5 Å². The Kier molecular flexibility index (Phi) is 4.99. The van der Waals surface area contributed by atoms with Gasteiger partial charge in [0.05, 0.1) is 7.11 Å². The highest BCUT2D eigenvalue weighted by Crippen LogP contribution is 2.30. The number of aromatic nitrogens is 1. The minimum Gasteiger partial charge on any atom is -0.496 e. The molecule has 106 valence electrons. The first-order valence-electron chi connectivity index (χ1n) is 6.57. The van der Waals surface area contributed by atoms with Gasteiger partial charge >= 0.3 is 0 Å². The predicted molar refractivity (Wildman–Crippen MR) is 82.5 cm³/mol. The van der Waals surface area contributed by atoms with Gasteiger partial charge < -0.3 is 10.1 Å². The molecule has 4 heteroatoms. The molecule has 1 aromatic carbocycles. The zero-order valence-corrected chi connectivity index (χ0v) is 12.7. The summed E-state index contributed by atoms with van der Waals surface area (Å²) < 4.78 is 5.43. The lowest BCUT2D eigenvalue weighted by Crippen LogP contribution is -2.20. The molecule has 0 bridgehead atoms. The number of methoxy groups -OCH3 is 1. The first-order valence-corrected chi connectivity index (χ1v) is 6.94. The Balaban J connectivity index is 2.33. The van der Waals surface area contributed by atoms with Crippen molar-refractivity contribution in [2.24, 2.45) is 0 Å². The number of benzene rings is 1. The Morgan fingerprint density at radius 2 is 2.15 bits per heavy atom. The highest BCUT2D eigenvalue weighted by Gasteiger charge is 2.17. The van der Waals surface area contributed by atoms with Crippen molar-refractivity contribution < 1.29 is 4.74 Å². The average Bonchev–Trinajstić information content (AvgIpc) is 2.46. The third-order valence-electron chi connectivity index (χ3n) is 3.43. The molecule has 1 aromatic heterocycles. The maximum atomic E-state index is 6.11. The lowest BCUT2D eigenvalue weighted by Gasteiger charge is -2.20. The van der Waals surface area contributed by atoms with E-state index < -0.39 is 0 Å². The van der Waals surface area contributed by atoms with E-state index in [-0.39, 0.29) is 6.04 Å². The van der Waals surface area contributed by atoms with Crippen molar-refractivity contribution in [3.63, 3.8) is 0 Å². The van der Waals surface area contributed by atoms with Crippen LogP contribution in [-0.2, 0) is 6.42 Å². The maximum absolute atomic E-state index is 6.11. The number of aryl methyl sites for hydroxylation is 1. The number of hydrogen-bond acceptors (Lipinski definition) is 3. The third kappa shape index (κ3) is 3.30. The van der Waals surface area contributed by atoms with Crippen molar-refractivity contribution in [2.75, 3.05) is 14.2 Å². The minimum absolute atomic E-state index is 0.109. The molecule has 2 aromatic rings. The summed E-state index contributed by atoms with van der Waals surface area (Å²) in [5.41, 5.74) is 3.31. The highest BCUT2D eigenvalue weighted by atomic mass is 35.5. The summed E-state index contributed by atoms with van der Waals surface area (Å²) in [6.07, 6.45) is 2.62. The van der Waals surface area contributed by atoms with Crippen LogP contribution in [0.4, 0.5) is 0 Å². The fourth-order valence-electron chi connectivity index (χ4n) is 2.27. The molecule has 2 rings (SSSR count). The fourth-order valence-corrected chi connectivity index (χ4v) is 2.45. The van der Waals surface area contributed by atoms with Crippen LogP contribution in [0, 0.1) is 6.92 Å². The van der Waals surface area contributed by atoms with Crippen LogP contribution in [-0.4, -0.2) is 19.1 Å². The second-order valence-corrected chi connectivity index (χ2v) is 5.14. The Hall–Kier alpha value is -1.58. The number of rotatable bonds is 5. The summed E-state index contributed by atoms with van der Waals surface area (Å²) in [7, 11) is 3.61. The molecule has 0 spiro atoms. The summed E-state index contributed by atoms with van der Waals surface area (Å²) in [5, 5.41) is 4.02. The topological polar surface area (TPSA) is 34.2 Å². The van der Waals surface area contributed by atoms with E-state index >= 15 is 0 Å². The molecule has 0 radical (unpaired) electrons. The smallest absolute Gasteiger partial charge is 0.123 e. The van der Waals surface area contributed by atoms with Crippen LogP contribution in [0.2, 0.25) is 5.02 Å². The number of likely N-dealkylation sites (N-methyl/N-ethyl adjacent to an activating group) is 1. The second-order valence-electron chi connectivity index (χ2n) is 4.70. The first kappa shape index (κ1) is 14.8. The summed E-state index contributed by atoms with van der Waals surface area (Å²) in [5.74, 6) is 0.835. The SMILES string of the molecule is CNC(Cc1ncccc1C)c1cc(Cl)ccc1OC. The number of ether oxygens (including phenoxy) is 1. The molecular weight excluding hydrogens is 272 g/mol. The summed E-state index contributed by atoms with van der Waals surface area (Å²) in [4.78, 5) is 4.46. The van der Waals surface area contributed by atoms with E-state index in [4.69, 9.17) is 16.3 Å². The predicted octanol–water partition coefficient (Wildman–Crippen LogP) is 3.56. The Bertz CT molecular complexity index is 586. The maximum Gasteiger partial charge on any atom is 0.123 e. The monoisotopic (exact) mass is 290 g/mol. The number of nitrogens with one attached hydrogen (secondary N) is 1. The quantitative estimate of drug-likeness (QED) is 0.914. The average molecular weight is 291 g/mol. The zero-order chi connectivity index (χ0) is 14.5. The lowest BCUT2D eigenvalue weighted by atomic mass is 9.99. The van der Waals surface area contributed by atoms with Gasteiger partial charge in [-0.3, -0.25) is 4.98 Å². The number of nitrogens with zero attached hydrogens (tertiary/aromatic N) is 1. The van der Waals surface area contributed by atoms with Crippen LogP contribution in [0.3, 0.4) is 0 Å². The normalized spacial score (nSPS) is 12.2. The van der Waals surface area contributed by atoms with Crippen LogP contribution >= 0.6 is 11.6 Å². The first-order chi connectivity index (χ1) is 9.65. The van der Waals surface area contributed by atoms with Crippen molar-refractivity contribution in [1.82, 2.24) is 10.3 Å². The van der Waals surface area contributed by atoms with Crippen molar-refractivity contribution in [2.45, 2.75) is 19.4 Å². The molecule has 1 atom stereocenters. The van der Waals surface area contributed by atoms with Gasteiger partial charge in [-0.15, -0.1) is 0 Å². The minimum atomic E-state index is 0.109. The van der Waals surface area contributed by atoms with E-state index in [9.17, 15) is 0 Å². The molecule has 1 N–H and O–H groups in total. The van der Waals surface area contributed by atoms with Crippen molar-refractivity contribution in [3.8, 4) is 5.75 Å². The van der Waals surface area contributed by atoms with Gasteiger partial charge in [-0.25, -0.2) is 0 Å². The van der Waals surface area contributed by atoms with Gasteiger partial charge in [-0.1, -0.05) is 17.7 Å². The highest BCUT2D eigenvalue weighted by molar-refractivity contribution is 6.30. The van der Waals surface area contributed by atoms with Gasteiger partial charge in [-0.05, 0) is 43.8 Å². The van der Waals surface area contributed by atoms with E-state index in [0.29, 0.717) is 5.02 Å². The molecule has 0 saturated carbocycles. The van der Waals surface area contributed by atoms with E-state index in [0.717, 1.165) is 23.4 Å². The van der Waals surface area contributed by atoms with Gasteiger partial charge in [0.15, 0.2) is 0 Å². The molecule has 1 unspecified atom stereocenters. The molecule has 0 aliphatic heterocycles. The molecule has 0 amide bonds. The van der Waals surface area contributed by atoms with E-state index in [2.05, 4.69) is 23.3 Å². The molecule has 0 fully saturated rings. The fraction of sp³-hybridized carbons (Fsp3) is 0.312. The number of pyridine rings is 1. The van der Waals surface area contributed by atoms with Crippen LogP contribution in [0.15, 0.2) is 36.5 Å². The Labute approximate surface area is 124 Å². The Morgan fingerprint density at radius 3 is 2.80 bits per heavy atom. The number of halogens is 1. The number of hydrogen-bond donors (Lipinski definition) is 1. The van der Waals surface area contributed by atoms with Crippen molar-refractivity contribution >= 4 is 11.6 Å². The van der Waals surface area contributed by atoms with Gasteiger partial charge in [0, 0.05) is 34.9 Å². The second kappa shape index (κ2) is 6.73. The van der Waals surface area contributed by atoms with E-state index in [1.54, 1.807) is 7.11 Å². The standard InChI is InChI=1S/C16H19ClN2O/c1-11-5-4-8-19-14(11)10-15(18-2)13-9-12(17)6-7-16(13)20-3/h4-9,15,18H,10H2,1-3H3. The van der Waals surface area contributed by atoms with Crippen molar-refractivity contribution in [1.29, 1.82) is 0 Å².